The highest BCUT2D eigenvalue weighted by atomic mass is 16.5. The maximum atomic E-state index is 11.0. The van der Waals surface area contributed by atoms with Crippen molar-refractivity contribution in [2.45, 2.75) is 54.0 Å². The lowest BCUT2D eigenvalue weighted by molar-refractivity contribution is -0.116. The van der Waals surface area contributed by atoms with Gasteiger partial charge in [-0.1, -0.05) is 43.4 Å². The van der Waals surface area contributed by atoms with E-state index in [9.17, 15) is 4.79 Å². The summed E-state index contributed by atoms with van der Waals surface area (Å²) in [6.45, 7) is 13.9. The van der Waals surface area contributed by atoms with Gasteiger partial charge >= 0.3 is 0 Å². The number of ketones is 1. The number of hydrogen-bond donors (Lipinski definition) is 3. The largest absolute Gasteiger partial charge is 0.325 e. The van der Waals surface area contributed by atoms with Crippen LogP contribution in [0, 0.1) is 17.8 Å². The first-order valence-electron chi connectivity index (χ1n) is 8.33. The average molecular weight is 360 g/mol. The average Bonchev–Trinajstić information content (AvgIpc) is 2.55. The molecule has 0 heterocycles. The van der Waals surface area contributed by atoms with Crippen molar-refractivity contribution in [3.8, 4) is 11.8 Å². The second kappa shape index (κ2) is 13.8. The van der Waals surface area contributed by atoms with Gasteiger partial charge in [0.15, 0.2) is 5.78 Å². The Kier molecular flexibility index (Phi) is 13.7. The fourth-order valence-electron chi connectivity index (χ4n) is 1.05. The molecule has 5 nitrogen and oxygen atoms in total. The molecule has 0 aliphatic carbocycles. The standard InChI is InChI=1S/C14H14O.C6H15N.CH3NO2/c1-11(2)5-4-6-13-7-9-14(10-8-13)12(3)15;1-5(2)6(3,4)7;3-1-2-4/h5,7-10H,1-3H3;5H,7H2,1-4H3;1,4H,(H,2,3). The number of rotatable bonds is 3. The number of benzene rings is 1. The fourth-order valence-corrected chi connectivity index (χ4v) is 1.05. The first kappa shape index (κ1) is 25.8. The smallest absolute Gasteiger partial charge is 0.230 e. The summed E-state index contributed by atoms with van der Waals surface area (Å²) in [5.41, 5.74) is 9.76. The Balaban J connectivity index is 0. The minimum Gasteiger partial charge on any atom is -0.325 e. The third kappa shape index (κ3) is 15.1. The summed E-state index contributed by atoms with van der Waals surface area (Å²) in [4.78, 5) is 19.8. The second-order valence-electron chi connectivity index (χ2n) is 6.85. The third-order valence-electron chi connectivity index (χ3n) is 3.41. The molecule has 144 valence electrons. The van der Waals surface area contributed by atoms with Crippen LogP contribution in [-0.2, 0) is 4.79 Å². The van der Waals surface area contributed by atoms with E-state index < -0.39 is 0 Å². The van der Waals surface area contributed by atoms with Crippen LogP contribution < -0.4 is 11.2 Å². The fraction of sp³-hybridized carbons (Fsp3) is 0.429. The molecule has 0 atom stereocenters. The van der Waals surface area contributed by atoms with Gasteiger partial charge in [0.2, 0.25) is 6.41 Å². The lowest BCUT2D eigenvalue weighted by atomic mass is 9.92. The van der Waals surface area contributed by atoms with Crippen LogP contribution in [0.4, 0.5) is 0 Å². The minimum atomic E-state index is 0. The van der Waals surface area contributed by atoms with Gasteiger partial charge in [-0.25, -0.2) is 5.48 Å². The Morgan fingerprint density at radius 2 is 1.62 bits per heavy atom. The van der Waals surface area contributed by atoms with Gasteiger partial charge in [-0.15, -0.1) is 0 Å². The molecule has 0 aliphatic heterocycles. The van der Waals surface area contributed by atoms with Crippen LogP contribution in [0.25, 0.3) is 0 Å². The lowest BCUT2D eigenvalue weighted by Crippen LogP contribution is -2.37. The maximum absolute atomic E-state index is 11.0. The zero-order valence-electron chi connectivity index (χ0n) is 16.9. The number of nitrogens with one attached hydrogen (secondary N) is 1. The van der Waals surface area contributed by atoms with Crippen molar-refractivity contribution >= 4 is 12.2 Å². The topological polar surface area (TPSA) is 92.4 Å². The first-order chi connectivity index (χ1) is 11.9. The van der Waals surface area contributed by atoms with Gasteiger partial charge in [0, 0.05) is 16.7 Å². The van der Waals surface area contributed by atoms with E-state index in [0.717, 1.165) is 11.1 Å². The molecule has 1 aromatic rings. The van der Waals surface area contributed by atoms with Crippen molar-refractivity contribution < 1.29 is 14.8 Å². The predicted octanol–water partition coefficient (Wildman–Crippen LogP) is 3.71. The zero-order chi connectivity index (χ0) is 20.8. The summed E-state index contributed by atoms with van der Waals surface area (Å²) in [6, 6.07) is 7.33. The number of hydrogen-bond acceptors (Lipinski definition) is 4. The van der Waals surface area contributed by atoms with E-state index in [1.807, 2.05) is 45.9 Å². The molecule has 0 bridgehead atoms. The molecule has 1 aromatic carbocycles. The first-order valence-corrected chi connectivity index (χ1v) is 8.33. The number of amides is 1. The Hall–Kier alpha value is -2.42. The predicted molar refractivity (Wildman–Crippen MR) is 107 cm³/mol. The van der Waals surface area contributed by atoms with Crippen LogP contribution in [-0.4, -0.2) is 22.9 Å². The van der Waals surface area contributed by atoms with Crippen LogP contribution in [0.3, 0.4) is 0 Å². The van der Waals surface area contributed by atoms with Gasteiger partial charge < -0.3 is 5.73 Å². The van der Waals surface area contributed by atoms with Gasteiger partial charge in [-0.2, -0.15) is 0 Å². The summed E-state index contributed by atoms with van der Waals surface area (Å²) >= 11 is 0. The lowest BCUT2D eigenvalue weighted by Gasteiger charge is -2.22. The molecule has 5 heteroatoms. The van der Waals surface area contributed by atoms with Crippen LogP contribution in [0.5, 0.6) is 0 Å². The highest BCUT2D eigenvalue weighted by Gasteiger charge is 2.14. The Morgan fingerprint density at radius 1 is 1.19 bits per heavy atom. The SMILES string of the molecule is CC(=O)c1ccc(C#CC=C(C)C)cc1.CC(C)C(C)(C)N.O=CNO. The molecule has 0 unspecified atom stereocenters. The molecule has 4 N–H and O–H groups in total. The number of hydroxylamine groups is 1. The Bertz CT molecular complexity index is 624. The molecule has 1 amide bonds. The molecule has 0 spiro atoms. The maximum Gasteiger partial charge on any atom is 0.230 e. The van der Waals surface area contributed by atoms with E-state index in [2.05, 4.69) is 25.7 Å². The highest BCUT2D eigenvalue weighted by molar-refractivity contribution is 5.94. The zero-order valence-corrected chi connectivity index (χ0v) is 16.9. The van der Waals surface area contributed by atoms with Gasteiger partial charge in [0.1, 0.15) is 0 Å². The van der Waals surface area contributed by atoms with E-state index in [4.69, 9.17) is 15.7 Å². The number of carbonyl (C=O) groups is 2. The van der Waals surface area contributed by atoms with Gasteiger partial charge in [-0.3, -0.25) is 14.8 Å². The van der Waals surface area contributed by atoms with E-state index in [-0.39, 0.29) is 17.7 Å². The van der Waals surface area contributed by atoms with Crippen LogP contribution >= 0.6 is 0 Å². The van der Waals surface area contributed by atoms with E-state index in [1.54, 1.807) is 19.1 Å². The van der Waals surface area contributed by atoms with Gasteiger partial charge in [-0.05, 0) is 58.7 Å². The van der Waals surface area contributed by atoms with Crippen molar-refractivity contribution in [2.75, 3.05) is 0 Å². The second-order valence-corrected chi connectivity index (χ2v) is 6.85. The van der Waals surface area contributed by atoms with Crippen molar-refractivity contribution in [2.24, 2.45) is 11.7 Å². The van der Waals surface area contributed by atoms with Crippen LogP contribution in [0.1, 0.15) is 64.4 Å². The van der Waals surface area contributed by atoms with Crippen LogP contribution in [0.15, 0.2) is 35.9 Å². The molecular formula is C21H32N2O3. The quantitative estimate of drug-likeness (QED) is 0.252. The van der Waals surface area contributed by atoms with Crippen molar-refractivity contribution in [1.82, 2.24) is 5.48 Å². The summed E-state index contributed by atoms with van der Waals surface area (Å²) in [5, 5.41) is 7.26. The number of Topliss-reactive ketones (excluding diaryl/α,β-unsaturated/α-hetero) is 1. The number of allylic oxidation sites excluding steroid dienone is 2. The van der Waals surface area contributed by atoms with Gasteiger partial charge in [0.25, 0.3) is 0 Å². The molecule has 0 saturated heterocycles. The normalized spacial score (nSPS) is 9.31. The monoisotopic (exact) mass is 360 g/mol. The third-order valence-corrected chi connectivity index (χ3v) is 3.41. The number of nitrogens with two attached hydrogens (primary N) is 1. The number of carbonyl (C=O) groups excluding carboxylic acids is 2. The van der Waals surface area contributed by atoms with Gasteiger partial charge in [0.05, 0.1) is 0 Å². The van der Waals surface area contributed by atoms with Crippen LogP contribution in [0.2, 0.25) is 0 Å². The van der Waals surface area contributed by atoms with Crippen molar-refractivity contribution in [1.29, 1.82) is 0 Å². The summed E-state index contributed by atoms with van der Waals surface area (Å²) < 4.78 is 0. The Labute approximate surface area is 157 Å². The molecule has 0 aromatic heterocycles. The molecular weight excluding hydrogens is 328 g/mol. The molecule has 1 rings (SSSR count). The summed E-state index contributed by atoms with van der Waals surface area (Å²) in [6.07, 6.45) is 2.05. The summed E-state index contributed by atoms with van der Waals surface area (Å²) in [7, 11) is 0. The van der Waals surface area contributed by atoms with Crippen molar-refractivity contribution in [3.63, 3.8) is 0 Å². The van der Waals surface area contributed by atoms with Crippen molar-refractivity contribution in [3.05, 3.63) is 47.0 Å². The molecule has 0 fully saturated rings. The summed E-state index contributed by atoms with van der Waals surface area (Å²) in [5.74, 6) is 6.62. The molecule has 0 radical (unpaired) electrons. The minimum absolute atomic E-state index is 0. The van der Waals surface area contributed by atoms with E-state index in [1.165, 1.54) is 11.1 Å². The van der Waals surface area contributed by atoms with E-state index in [0.29, 0.717) is 5.92 Å². The molecule has 26 heavy (non-hydrogen) atoms. The Morgan fingerprint density at radius 3 is 1.88 bits per heavy atom. The highest BCUT2D eigenvalue weighted by Crippen LogP contribution is 2.09. The van der Waals surface area contributed by atoms with E-state index >= 15 is 0 Å². The molecule has 0 saturated carbocycles. The molecule has 0 aliphatic rings.